The molecule has 1 N–H and O–H groups in total. The number of hydrogen-bond donors (Lipinski definition) is 1. The molecule has 0 aliphatic carbocycles. The summed E-state index contributed by atoms with van der Waals surface area (Å²) in [6.07, 6.45) is 2.73. The summed E-state index contributed by atoms with van der Waals surface area (Å²) in [5.41, 5.74) is 2.26. The Bertz CT molecular complexity index is 468. The van der Waals surface area contributed by atoms with Gasteiger partial charge in [0.05, 0.1) is 0 Å². The van der Waals surface area contributed by atoms with E-state index in [1.165, 1.54) is 11.3 Å². The SMILES string of the molecule is O=C1NCCC12CCN(P)c1cc[c-]cc1C2.[V]. The summed E-state index contributed by atoms with van der Waals surface area (Å²) in [5, 5.41) is 2.98. The molecular formula is C13H16N2OPV-. The summed E-state index contributed by atoms with van der Waals surface area (Å²) in [4.78, 5) is 12.1. The molecule has 18 heavy (non-hydrogen) atoms. The van der Waals surface area contributed by atoms with Crippen LogP contribution in [0.2, 0.25) is 0 Å². The fourth-order valence-corrected chi connectivity index (χ4v) is 3.29. The average molecular weight is 298 g/mol. The number of carbonyl (C=O) groups is 1. The molecule has 0 bridgehead atoms. The molecule has 2 aliphatic rings. The molecule has 1 amide bonds. The third-order valence-corrected chi connectivity index (χ3v) is 4.50. The Morgan fingerprint density at radius 2 is 2.28 bits per heavy atom. The fraction of sp³-hybridized carbons (Fsp3) is 0.462. The van der Waals surface area contributed by atoms with Crippen LogP contribution < -0.4 is 9.99 Å². The minimum absolute atomic E-state index is 0. The zero-order valence-electron chi connectivity index (χ0n) is 10.1. The molecular weight excluding hydrogens is 282 g/mol. The van der Waals surface area contributed by atoms with Crippen molar-refractivity contribution in [2.45, 2.75) is 19.3 Å². The minimum atomic E-state index is -0.185. The summed E-state index contributed by atoms with van der Waals surface area (Å²) in [6, 6.07) is 9.15. The van der Waals surface area contributed by atoms with Crippen LogP contribution >= 0.6 is 9.39 Å². The van der Waals surface area contributed by atoms with Crippen LogP contribution in [0, 0.1) is 11.5 Å². The number of anilines is 1. The van der Waals surface area contributed by atoms with Gasteiger partial charge >= 0.3 is 0 Å². The number of benzene rings is 1. The molecule has 0 saturated carbocycles. The van der Waals surface area contributed by atoms with Gasteiger partial charge in [0.25, 0.3) is 0 Å². The molecule has 3 nitrogen and oxygen atoms in total. The zero-order valence-corrected chi connectivity index (χ0v) is 12.7. The second kappa shape index (κ2) is 5.24. The van der Waals surface area contributed by atoms with Crippen molar-refractivity contribution in [3.05, 3.63) is 29.8 Å². The molecule has 2 atom stereocenters. The molecule has 95 valence electrons. The normalized spacial score (nSPS) is 26.3. The van der Waals surface area contributed by atoms with Crippen LogP contribution in [0.25, 0.3) is 0 Å². The van der Waals surface area contributed by atoms with Crippen molar-refractivity contribution in [3.63, 3.8) is 0 Å². The van der Waals surface area contributed by atoms with Crippen molar-refractivity contribution in [1.82, 2.24) is 5.32 Å². The van der Waals surface area contributed by atoms with Gasteiger partial charge in [-0.2, -0.15) is 18.2 Å². The van der Waals surface area contributed by atoms with Gasteiger partial charge in [0.2, 0.25) is 5.91 Å². The van der Waals surface area contributed by atoms with Gasteiger partial charge in [-0.05, 0) is 22.2 Å². The van der Waals surface area contributed by atoms with Crippen LogP contribution in [0.3, 0.4) is 0 Å². The number of rotatable bonds is 0. The fourth-order valence-electron chi connectivity index (χ4n) is 2.91. The standard InChI is InChI=1S/C13H16N2OP.V/c16-12-13(5-7-14-12)6-8-15(17)11-4-2-1-3-10(11)9-13;/h2-4H,5-9,17H2,(H,14,16);/q-1;. The molecule has 2 heterocycles. The Labute approximate surface area is 122 Å². The Morgan fingerprint density at radius 3 is 3.00 bits per heavy atom. The Hall–Kier alpha value is -0.496. The number of carbonyl (C=O) groups excluding carboxylic acids is 1. The van der Waals surface area contributed by atoms with Gasteiger partial charge in [-0.25, -0.2) is 0 Å². The monoisotopic (exact) mass is 298 g/mol. The van der Waals surface area contributed by atoms with E-state index in [9.17, 15) is 4.79 Å². The van der Waals surface area contributed by atoms with Crippen LogP contribution in [-0.4, -0.2) is 19.0 Å². The zero-order chi connectivity index (χ0) is 11.9. The number of amides is 1. The third-order valence-electron chi connectivity index (χ3n) is 3.96. The largest absolute Gasteiger partial charge is 0.378 e. The predicted octanol–water partition coefficient (Wildman–Crippen LogP) is 1.53. The van der Waals surface area contributed by atoms with Gasteiger partial charge in [0.1, 0.15) is 0 Å². The second-order valence-corrected chi connectivity index (χ2v) is 5.58. The van der Waals surface area contributed by atoms with Crippen LogP contribution in [0.15, 0.2) is 18.2 Å². The van der Waals surface area contributed by atoms with Crippen LogP contribution in [0.1, 0.15) is 18.4 Å². The molecule has 2 aliphatic heterocycles. The van der Waals surface area contributed by atoms with Gasteiger partial charge in [-0.15, -0.1) is 11.6 Å². The van der Waals surface area contributed by atoms with E-state index in [0.717, 1.165) is 32.4 Å². The van der Waals surface area contributed by atoms with Gasteiger partial charge in [0.15, 0.2) is 0 Å². The molecule has 3 rings (SSSR count). The maximum atomic E-state index is 12.1. The van der Waals surface area contributed by atoms with E-state index >= 15 is 0 Å². The second-order valence-electron chi connectivity index (χ2n) is 4.96. The van der Waals surface area contributed by atoms with Crippen molar-refractivity contribution >= 4 is 21.0 Å². The molecule has 2 unspecified atom stereocenters. The molecule has 1 aromatic rings. The van der Waals surface area contributed by atoms with Crippen molar-refractivity contribution in [2.75, 3.05) is 17.8 Å². The molecule has 1 saturated heterocycles. The molecule has 5 heteroatoms. The minimum Gasteiger partial charge on any atom is -0.378 e. The number of nitrogens with zero attached hydrogens (tertiary/aromatic N) is 1. The number of nitrogens with one attached hydrogen (secondary N) is 1. The summed E-state index contributed by atoms with van der Waals surface area (Å²) in [6.45, 7) is 1.73. The van der Waals surface area contributed by atoms with E-state index in [-0.39, 0.29) is 29.9 Å². The Kier molecular flexibility index (Phi) is 4.06. The molecule has 1 aromatic carbocycles. The average Bonchev–Trinajstić information content (AvgIpc) is 2.61. The first kappa shape index (κ1) is 13.9. The van der Waals surface area contributed by atoms with E-state index in [1.54, 1.807) is 0 Å². The third kappa shape index (κ3) is 2.20. The van der Waals surface area contributed by atoms with Gasteiger partial charge in [0, 0.05) is 37.1 Å². The van der Waals surface area contributed by atoms with Crippen molar-refractivity contribution in [1.29, 1.82) is 0 Å². The smallest absolute Gasteiger partial charge is 0.225 e. The van der Waals surface area contributed by atoms with Gasteiger partial charge in [-0.1, -0.05) is 12.1 Å². The molecule has 1 spiro atoms. The van der Waals surface area contributed by atoms with E-state index < -0.39 is 0 Å². The van der Waals surface area contributed by atoms with Crippen molar-refractivity contribution < 1.29 is 23.4 Å². The first-order chi connectivity index (χ1) is 8.21. The van der Waals surface area contributed by atoms with Crippen molar-refractivity contribution in [2.24, 2.45) is 5.41 Å². The number of hydrogen-bond acceptors (Lipinski definition) is 2. The first-order valence-corrected chi connectivity index (χ1v) is 6.52. The quantitative estimate of drug-likeness (QED) is 0.582. The van der Waals surface area contributed by atoms with Crippen LogP contribution in [0.4, 0.5) is 5.69 Å². The Morgan fingerprint density at radius 1 is 1.44 bits per heavy atom. The van der Waals surface area contributed by atoms with Gasteiger partial charge in [-0.3, -0.25) is 4.79 Å². The van der Waals surface area contributed by atoms with E-state index in [0.29, 0.717) is 0 Å². The molecule has 1 radical (unpaired) electrons. The van der Waals surface area contributed by atoms with Crippen LogP contribution in [0.5, 0.6) is 0 Å². The topological polar surface area (TPSA) is 32.3 Å². The first-order valence-electron chi connectivity index (χ1n) is 6.01. The van der Waals surface area contributed by atoms with E-state index in [4.69, 9.17) is 0 Å². The molecule has 1 fully saturated rings. The van der Waals surface area contributed by atoms with E-state index in [1.807, 2.05) is 12.1 Å². The van der Waals surface area contributed by atoms with E-state index in [2.05, 4.69) is 31.5 Å². The van der Waals surface area contributed by atoms with Crippen molar-refractivity contribution in [3.8, 4) is 0 Å². The van der Waals surface area contributed by atoms with Crippen LogP contribution in [-0.2, 0) is 29.8 Å². The predicted molar refractivity (Wildman–Crippen MR) is 70.7 cm³/mol. The summed E-state index contributed by atoms with van der Waals surface area (Å²) >= 11 is 0. The summed E-state index contributed by atoms with van der Waals surface area (Å²) in [7, 11) is 2.76. The molecule has 0 aromatic heterocycles. The maximum Gasteiger partial charge on any atom is 0.225 e. The Balaban J connectivity index is 0.00000120. The number of fused-ring (bicyclic) bond motifs is 1. The van der Waals surface area contributed by atoms with Gasteiger partial charge < -0.3 is 9.99 Å². The summed E-state index contributed by atoms with van der Waals surface area (Å²) in [5.74, 6) is 0.229. The maximum absolute atomic E-state index is 12.1. The summed E-state index contributed by atoms with van der Waals surface area (Å²) < 4.78 is 2.17.